The van der Waals surface area contributed by atoms with E-state index in [-0.39, 0.29) is 5.56 Å². The summed E-state index contributed by atoms with van der Waals surface area (Å²) >= 11 is 0. The quantitative estimate of drug-likeness (QED) is 0.335. The average Bonchev–Trinajstić information content (AvgIpc) is 2.30. The van der Waals surface area contributed by atoms with Crippen LogP contribution in [-0.4, -0.2) is 23.0 Å². The molecule has 0 bridgehead atoms. The van der Waals surface area contributed by atoms with E-state index in [9.17, 15) is 14.8 Å². The van der Waals surface area contributed by atoms with Crippen molar-refractivity contribution in [1.29, 1.82) is 5.41 Å². The molecule has 0 radical (unpaired) electrons. The van der Waals surface area contributed by atoms with Crippen LogP contribution in [0, 0.1) is 5.41 Å². The third kappa shape index (κ3) is 1.57. The van der Waals surface area contributed by atoms with E-state index in [2.05, 4.69) is 10.6 Å². The predicted molar refractivity (Wildman–Crippen MR) is 57.1 cm³/mol. The maximum Gasteiger partial charge on any atom is 0.263 e. The Kier molecular flexibility index (Phi) is 2.62. The zero-order chi connectivity index (χ0) is 12.5. The van der Waals surface area contributed by atoms with Crippen LogP contribution in [0.3, 0.4) is 0 Å². The Hall–Kier alpha value is -2.25. The number of nitrogens with one attached hydrogen (secondary N) is 4. The molecule has 1 aliphatic heterocycles. The minimum atomic E-state index is -1.92. The van der Waals surface area contributed by atoms with E-state index >= 15 is 0 Å². The molecule has 2 rings (SSSR count). The highest BCUT2D eigenvalue weighted by Gasteiger charge is 2.51. The highest BCUT2D eigenvalue weighted by atomic mass is 16.5. The van der Waals surface area contributed by atoms with Crippen LogP contribution in [0.15, 0.2) is 30.3 Å². The summed E-state index contributed by atoms with van der Waals surface area (Å²) in [5, 5.41) is 20.7. The molecule has 5 N–H and O–H groups in total. The molecule has 1 aromatic rings. The van der Waals surface area contributed by atoms with Crippen molar-refractivity contribution in [2.45, 2.75) is 5.54 Å². The Labute approximate surface area is 96.3 Å². The summed E-state index contributed by atoms with van der Waals surface area (Å²) in [5.74, 6) is -2.03. The fourth-order valence-corrected chi connectivity index (χ4v) is 1.67. The van der Waals surface area contributed by atoms with Crippen LogP contribution in [0.2, 0.25) is 0 Å². The smallest absolute Gasteiger partial charge is 0.263 e. The number of rotatable bonds is 2. The predicted octanol–water partition coefficient (Wildman–Crippen LogP) is -0.959. The topological polar surface area (TPSA) is 114 Å². The standard InChI is InChI=1S/C10H10N4O3/c11-9-12-7(15)10(14-17,8(16)13-9)6-4-2-1-3-5-6/h1-5,14,17H,(H3,11,12,13,15,16). The van der Waals surface area contributed by atoms with Crippen LogP contribution in [0.5, 0.6) is 0 Å². The summed E-state index contributed by atoms with van der Waals surface area (Å²) in [6, 6.07) is 8.04. The molecule has 0 aromatic heterocycles. The second-order valence-corrected chi connectivity index (χ2v) is 3.51. The lowest BCUT2D eigenvalue weighted by molar-refractivity contribution is -0.145. The molecule has 0 spiro atoms. The van der Waals surface area contributed by atoms with E-state index in [0.717, 1.165) is 0 Å². The SMILES string of the molecule is N=C1NC(=O)C(NO)(c2ccccc2)C(=O)N1. The molecule has 1 fully saturated rings. The summed E-state index contributed by atoms with van der Waals surface area (Å²) in [6.07, 6.45) is 0. The van der Waals surface area contributed by atoms with Crippen LogP contribution < -0.4 is 16.1 Å². The van der Waals surface area contributed by atoms with Crippen molar-refractivity contribution in [1.82, 2.24) is 16.1 Å². The summed E-state index contributed by atoms with van der Waals surface area (Å²) in [5.41, 5.74) is 0.0907. The van der Waals surface area contributed by atoms with Gasteiger partial charge in [-0.25, -0.2) is 0 Å². The maximum absolute atomic E-state index is 11.8. The summed E-state index contributed by atoms with van der Waals surface area (Å²) in [4.78, 5) is 23.7. The first-order valence-corrected chi connectivity index (χ1v) is 4.79. The van der Waals surface area contributed by atoms with Gasteiger partial charge in [0.05, 0.1) is 0 Å². The number of guanidine groups is 1. The van der Waals surface area contributed by atoms with Crippen molar-refractivity contribution in [3.05, 3.63) is 35.9 Å². The van der Waals surface area contributed by atoms with Crippen LogP contribution in [-0.2, 0) is 15.1 Å². The number of carbonyl (C=O) groups is 2. The lowest BCUT2D eigenvalue weighted by atomic mass is 9.87. The van der Waals surface area contributed by atoms with Gasteiger partial charge in [-0.2, -0.15) is 5.48 Å². The molecule has 0 atom stereocenters. The molecule has 1 saturated heterocycles. The lowest BCUT2D eigenvalue weighted by Crippen LogP contribution is -2.69. The molecular formula is C10H10N4O3. The first-order chi connectivity index (χ1) is 8.11. The van der Waals surface area contributed by atoms with Crippen molar-refractivity contribution in [2.75, 3.05) is 0 Å². The molecular weight excluding hydrogens is 224 g/mol. The van der Waals surface area contributed by atoms with Crippen molar-refractivity contribution >= 4 is 17.8 Å². The van der Waals surface area contributed by atoms with Gasteiger partial charge in [-0.15, -0.1) is 0 Å². The molecule has 1 aliphatic rings. The Morgan fingerprint density at radius 3 is 2.12 bits per heavy atom. The lowest BCUT2D eigenvalue weighted by Gasteiger charge is -2.33. The van der Waals surface area contributed by atoms with Crippen molar-refractivity contribution in [3.63, 3.8) is 0 Å². The minimum absolute atomic E-state index is 0.282. The number of hydrogen-bond donors (Lipinski definition) is 5. The van der Waals surface area contributed by atoms with E-state index in [4.69, 9.17) is 5.41 Å². The second-order valence-electron chi connectivity index (χ2n) is 3.51. The fourth-order valence-electron chi connectivity index (χ4n) is 1.67. The fraction of sp³-hybridized carbons (Fsp3) is 0.100. The number of amides is 2. The minimum Gasteiger partial charge on any atom is -0.315 e. The molecule has 88 valence electrons. The first-order valence-electron chi connectivity index (χ1n) is 4.79. The number of carbonyl (C=O) groups excluding carboxylic acids is 2. The largest absolute Gasteiger partial charge is 0.315 e. The van der Waals surface area contributed by atoms with Crippen LogP contribution in [0.4, 0.5) is 0 Å². The Bertz CT molecular complexity index is 466. The van der Waals surface area contributed by atoms with E-state index in [0.29, 0.717) is 0 Å². The van der Waals surface area contributed by atoms with Gasteiger partial charge in [-0.1, -0.05) is 30.3 Å². The van der Waals surface area contributed by atoms with Crippen LogP contribution in [0.1, 0.15) is 5.56 Å². The van der Waals surface area contributed by atoms with E-state index in [1.165, 1.54) is 12.1 Å². The zero-order valence-electron chi connectivity index (χ0n) is 8.65. The first kappa shape index (κ1) is 11.2. The normalized spacial score (nSPS) is 24.2. The van der Waals surface area contributed by atoms with E-state index in [1.54, 1.807) is 23.7 Å². The molecule has 0 aliphatic carbocycles. The average molecular weight is 234 g/mol. The molecule has 0 unspecified atom stereocenters. The summed E-state index contributed by atoms with van der Waals surface area (Å²) < 4.78 is 0. The summed E-state index contributed by atoms with van der Waals surface area (Å²) in [6.45, 7) is 0. The van der Waals surface area contributed by atoms with Gasteiger partial charge in [-0.05, 0) is 5.56 Å². The van der Waals surface area contributed by atoms with Gasteiger partial charge in [0.25, 0.3) is 11.8 Å². The van der Waals surface area contributed by atoms with Gasteiger partial charge in [0.1, 0.15) is 0 Å². The van der Waals surface area contributed by atoms with Gasteiger partial charge in [-0.3, -0.25) is 25.6 Å². The maximum atomic E-state index is 11.8. The number of benzene rings is 1. The highest BCUT2D eigenvalue weighted by Crippen LogP contribution is 2.23. The van der Waals surface area contributed by atoms with Gasteiger partial charge in [0.15, 0.2) is 0 Å². The Morgan fingerprint density at radius 2 is 1.65 bits per heavy atom. The van der Waals surface area contributed by atoms with E-state index < -0.39 is 23.3 Å². The molecule has 7 nitrogen and oxygen atoms in total. The number of hydrogen-bond acceptors (Lipinski definition) is 5. The molecule has 17 heavy (non-hydrogen) atoms. The van der Waals surface area contributed by atoms with Crippen molar-refractivity contribution < 1.29 is 14.8 Å². The molecule has 7 heteroatoms. The highest BCUT2D eigenvalue weighted by molar-refractivity contribution is 6.22. The monoisotopic (exact) mass is 234 g/mol. The summed E-state index contributed by atoms with van der Waals surface area (Å²) in [7, 11) is 0. The van der Waals surface area contributed by atoms with Gasteiger partial charge >= 0.3 is 0 Å². The number of hydroxylamine groups is 1. The third-order valence-corrected chi connectivity index (χ3v) is 2.53. The van der Waals surface area contributed by atoms with Gasteiger partial charge in [0.2, 0.25) is 11.5 Å². The van der Waals surface area contributed by atoms with Crippen molar-refractivity contribution in [2.24, 2.45) is 0 Å². The molecule has 2 amide bonds. The molecule has 1 heterocycles. The van der Waals surface area contributed by atoms with Crippen molar-refractivity contribution in [3.8, 4) is 0 Å². The Morgan fingerprint density at radius 1 is 1.12 bits per heavy atom. The van der Waals surface area contributed by atoms with Crippen LogP contribution >= 0.6 is 0 Å². The van der Waals surface area contributed by atoms with Gasteiger partial charge < -0.3 is 5.21 Å². The second kappa shape index (κ2) is 3.96. The Balaban J connectivity index is 2.54. The van der Waals surface area contributed by atoms with Crippen LogP contribution in [0.25, 0.3) is 0 Å². The van der Waals surface area contributed by atoms with E-state index in [1.807, 2.05) is 0 Å². The molecule has 1 aromatic carbocycles. The molecule has 0 saturated carbocycles. The third-order valence-electron chi connectivity index (χ3n) is 2.53. The van der Waals surface area contributed by atoms with Gasteiger partial charge in [0, 0.05) is 0 Å². The zero-order valence-corrected chi connectivity index (χ0v) is 8.65.